The van der Waals surface area contributed by atoms with Crippen molar-refractivity contribution in [1.29, 1.82) is 0 Å². The Kier molecular flexibility index (Phi) is 1.90. The molecule has 1 fully saturated rings. The van der Waals surface area contributed by atoms with Crippen LogP contribution in [0.3, 0.4) is 0 Å². The monoisotopic (exact) mass is 138 g/mol. The van der Waals surface area contributed by atoms with Crippen LogP contribution >= 0.6 is 0 Å². The summed E-state index contributed by atoms with van der Waals surface area (Å²) in [6, 6.07) is 0. The lowest BCUT2D eigenvalue weighted by atomic mass is 10.1. The number of rotatable bonds is 1. The van der Waals surface area contributed by atoms with Crippen molar-refractivity contribution in [3.05, 3.63) is 24.3 Å². The third-order valence-electron chi connectivity index (χ3n) is 1.55. The molecule has 1 aliphatic rings. The van der Waals surface area contributed by atoms with Crippen molar-refractivity contribution < 1.29 is 9.53 Å². The third kappa shape index (κ3) is 1.10. The first-order chi connectivity index (χ1) is 4.77. The van der Waals surface area contributed by atoms with Crippen molar-refractivity contribution in [3.8, 4) is 0 Å². The predicted molar refractivity (Wildman–Crippen MR) is 38.5 cm³/mol. The fraction of sp³-hybridized carbons (Fsp3) is 0.375. The zero-order chi connectivity index (χ0) is 7.56. The van der Waals surface area contributed by atoms with Gasteiger partial charge in [0.05, 0.1) is 0 Å². The van der Waals surface area contributed by atoms with E-state index >= 15 is 0 Å². The summed E-state index contributed by atoms with van der Waals surface area (Å²) in [6.07, 6.45) is 4.01. The van der Waals surface area contributed by atoms with E-state index < -0.39 is 0 Å². The van der Waals surface area contributed by atoms with Gasteiger partial charge in [-0.3, -0.25) is 0 Å². The molecule has 0 amide bonds. The van der Waals surface area contributed by atoms with Crippen molar-refractivity contribution in [2.75, 3.05) is 0 Å². The van der Waals surface area contributed by atoms with Crippen LogP contribution in [0.1, 0.15) is 13.3 Å². The van der Waals surface area contributed by atoms with Gasteiger partial charge in [0, 0.05) is 12.0 Å². The average molecular weight is 138 g/mol. The first-order valence-electron chi connectivity index (χ1n) is 3.26. The van der Waals surface area contributed by atoms with Crippen LogP contribution in [0.25, 0.3) is 0 Å². The third-order valence-corrected chi connectivity index (χ3v) is 1.55. The number of hydrogen-bond acceptors (Lipinski definition) is 2. The van der Waals surface area contributed by atoms with Crippen LogP contribution in [0.4, 0.5) is 0 Å². The van der Waals surface area contributed by atoms with Gasteiger partial charge in [0.2, 0.25) is 0 Å². The molecule has 2 nitrogen and oxygen atoms in total. The molecule has 0 aromatic rings. The van der Waals surface area contributed by atoms with Gasteiger partial charge in [-0.1, -0.05) is 18.7 Å². The van der Waals surface area contributed by atoms with E-state index in [2.05, 4.69) is 6.58 Å². The minimum atomic E-state index is -0.201. The number of carbonyl (C=O) groups excluding carboxylic acids is 1. The first-order valence-corrected chi connectivity index (χ1v) is 3.26. The molecule has 54 valence electrons. The molecular weight excluding hydrogens is 128 g/mol. The SMILES string of the molecule is C=CC1C/C(=C\C)C(=O)O1. The smallest absolute Gasteiger partial charge is 0.334 e. The molecule has 1 saturated heterocycles. The fourth-order valence-electron chi connectivity index (χ4n) is 0.922. The molecule has 0 bridgehead atoms. The summed E-state index contributed by atoms with van der Waals surface area (Å²) >= 11 is 0. The van der Waals surface area contributed by atoms with Crippen LogP contribution in [0.15, 0.2) is 24.3 Å². The molecule has 0 spiro atoms. The highest BCUT2D eigenvalue weighted by atomic mass is 16.5. The zero-order valence-corrected chi connectivity index (χ0v) is 5.96. The second-order valence-corrected chi connectivity index (χ2v) is 2.20. The van der Waals surface area contributed by atoms with Gasteiger partial charge in [0.1, 0.15) is 6.10 Å². The molecular formula is C8H10O2. The molecule has 1 aliphatic heterocycles. The molecule has 1 unspecified atom stereocenters. The predicted octanol–water partition coefficient (Wildman–Crippen LogP) is 1.43. The van der Waals surface area contributed by atoms with Gasteiger partial charge in [-0.25, -0.2) is 4.79 Å². The van der Waals surface area contributed by atoms with Crippen molar-refractivity contribution in [1.82, 2.24) is 0 Å². The molecule has 1 atom stereocenters. The highest BCUT2D eigenvalue weighted by molar-refractivity contribution is 5.90. The largest absolute Gasteiger partial charge is 0.454 e. The maximum atomic E-state index is 10.8. The Morgan fingerprint density at radius 1 is 1.80 bits per heavy atom. The molecule has 0 aliphatic carbocycles. The Morgan fingerprint density at radius 3 is 2.80 bits per heavy atom. The average Bonchev–Trinajstić information content (AvgIpc) is 2.30. The van der Waals surface area contributed by atoms with Crippen molar-refractivity contribution in [3.63, 3.8) is 0 Å². The number of esters is 1. The summed E-state index contributed by atoms with van der Waals surface area (Å²) in [7, 11) is 0. The van der Waals surface area contributed by atoms with E-state index in [0.717, 1.165) is 5.57 Å². The highest BCUT2D eigenvalue weighted by Crippen LogP contribution is 2.20. The minimum absolute atomic E-state index is 0.0984. The molecule has 1 heterocycles. The van der Waals surface area contributed by atoms with Crippen LogP contribution < -0.4 is 0 Å². The summed E-state index contributed by atoms with van der Waals surface area (Å²) in [6.45, 7) is 5.38. The number of carbonyl (C=O) groups is 1. The minimum Gasteiger partial charge on any atom is -0.454 e. The molecule has 0 aromatic carbocycles. The summed E-state index contributed by atoms with van der Waals surface area (Å²) in [5.41, 5.74) is 0.755. The van der Waals surface area contributed by atoms with Gasteiger partial charge in [-0.15, -0.1) is 0 Å². The quantitative estimate of drug-likeness (QED) is 0.311. The van der Waals surface area contributed by atoms with E-state index in [1.165, 1.54) is 0 Å². The first kappa shape index (κ1) is 7.06. The summed E-state index contributed by atoms with van der Waals surface area (Å²) < 4.78 is 4.89. The van der Waals surface area contributed by atoms with Gasteiger partial charge >= 0.3 is 5.97 Å². The molecule has 0 aromatic heterocycles. The van der Waals surface area contributed by atoms with Gasteiger partial charge < -0.3 is 4.74 Å². The van der Waals surface area contributed by atoms with Crippen molar-refractivity contribution in [2.45, 2.75) is 19.4 Å². The van der Waals surface area contributed by atoms with E-state index in [1.807, 2.05) is 6.92 Å². The lowest BCUT2D eigenvalue weighted by molar-refractivity contribution is -0.137. The molecule has 0 radical (unpaired) electrons. The molecule has 2 heteroatoms. The Morgan fingerprint density at radius 2 is 2.50 bits per heavy atom. The van der Waals surface area contributed by atoms with Crippen molar-refractivity contribution in [2.24, 2.45) is 0 Å². The van der Waals surface area contributed by atoms with E-state index in [9.17, 15) is 4.79 Å². The van der Waals surface area contributed by atoms with Gasteiger partial charge in [-0.05, 0) is 6.92 Å². The van der Waals surface area contributed by atoms with Crippen LogP contribution in [-0.2, 0) is 9.53 Å². The fourth-order valence-corrected chi connectivity index (χ4v) is 0.922. The number of allylic oxidation sites excluding steroid dienone is 1. The van der Waals surface area contributed by atoms with E-state index in [4.69, 9.17) is 4.74 Å². The van der Waals surface area contributed by atoms with E-state index in [1.54, 1.807) is 12.2 Å². The lowest BCUT2D eigenvalue weighted by Crippen LogP contribution is -2.01. The van der Waals surface area contributed by atoms with Crippen LogP contribution in [0.2, 0.25) is 0 Å². The lowest BCUT2D eigenvalue weighted by Gasteiger charge is -1.97. The zero-order valence-electron chi connectivity index (χ0n) is 5.96. The summed E-state index contributed by atoms with van der Waals surface area (Å²) in [4.78, 5) is 10.8. The van der Waals surface area contributed by atoms with Crippen LogP contribution in [0, 0.1) is 0 Å². The Hall–Kier alpha value is -1.05. The van der Waals surface area contributed by atoms with Crippen LogP contribution in [0.5, 0.6) is 0 Å². The Labute approximate surface area is 60.2 Å². The van der Waals surface area contributed by atoms with Crippen molar-refractivity contribution >= 4 is 5.97 Å². The maximum absolute atomic E-state index is 10.8. The highest BCUT2D eigenvalue weighted by Gasteiger charge is 2.25. The maximum Gasteiger partial charge on any atom is 0.334 e. The van der Waals surface area contributed by atoms with E-state index in [0.29, 0.717) is 6.42 Å². The Bertz CT molecular complexity index is 191. The number of cyclic esters (lactones) is 1. The second-order valence-electron chi connectivity index (χ2n) is 2.20. The Balaban J connectivity index is 2.70. The molecule has 0 saturated carbocycles. The van der Waals surface area contributed by atoms with Gasteiger partial charge in [0.25, 0.3) is 0 Å². The number of ether oxygens (including phenoxy) is 1. The van der Waals surface area contributed by atoms with Gasteiger partial charge in [-0.2, -0.15) is 0 Å². The van der Waals surface area contributed by atoms with E-state index in [-0.39, 0.29) is 12.1 Å². The summed E-state index contributed by atoms with van der Waals surface area (Å²) in [5, 5.41) is 0. The van der Waals surface area contributed by atoms with Crippen LogP contribution in [-0.4, -0.2) is 12.1 Å². The normalized spacial score (nSPS) is 28.7. The van der Waals surface area contributed by atoms with Gasteiger partial charge in [0.15, 0.2) is 0 Å². The molecule has 10 heavy (non-hydrogen) atoms. The molecule has 1 rings (SSSR count). The standard InChI is InChI=1S/C8H10O2/c1-3-6-5-7(4-2)10-8(6)9/h3-4,7H,2,5H2,1H3/b6-3+. The summed E-state index contributed by atoms with van der Waals surface area (Å²) in [5.74, 6) is -0.201. The molecule has 0 N–H and O–H groups in total. The second kappa shape index (κ2) is 2.69. The topological polar surface area (TPSA) is 26.3 Å². The number of hydrogen-bond donors (Lipinski definition) is 0.